The molecule has 3 aromatic rings. The van der Waals surface area contributed by atoms with Gasteiger partial charge in [-0.25, -0.2) is 18.2 Å². The number of alkyl halides is 1. The molecule has 0 aliphatic carbocycles. The molecule has 1 aliphatic rings. The van der Waals surface area contributed by atoms with Crippen molar-refractivity contribution < 1.29 is 13.2 Å². The van der Waals surface area contributed by atoms with Crippen LogP contribution in [0.15, 0.2) is 12.1 Å². The van der Waals surface area contributed by atoms with Crippen LogP contribution in [-0.2, 0) is 13.6 Å². The van der Waals surface area contributed by atoms with E-state index in [1.165, 1.54) is 0 Å². The van der Waals surface area contributed by atoms with E-state index in [9.17, 15) is 13.2 Å². The predicted molar refractivity (Wildman–Crippen MR) is 94.2 cm³/mol. The minimum absolute atomic E-state index is 0.263. The Bertz CT molecular complexity index is 996. The van der Waals surface area contributed by atoms with Gasteiger partial charge in [-0.15, -0.1) is 10.2 Å². The topological polar surface area (TPSA) is 77.8 Å². The summed E-state index contributed by atoms with van der Waals surface area (Å²) in [5, 5.41) is 8.18. The molecule has 0 bridgehead atoms. The molecule has 0 spiro atoms. The molecule has 1 saturated heterocycles. The van der Waals surface area contributed by atoms with Crippen LogP contribution < -0.4 is 10.6 Å². The Balaban J connectivity index is 1.83. The molecule has 1 unspecified atom stereocenters. The Morgan fingerprint density at radius 2 is 1.96 bits per heavy atom. The van der Waals surface area contributed by atoms with Crippen LogP contribution in [0.25, 0.3) is 11.0 Å². The Morgan fingerprint density at radius 1 is 1.22 bits per heavy atom. The molecule has 144 valence electrons. The fourth-order valence-electron chi connectivity index (χ4n) is 3.37. The first-order valence-electron chi connectivity index (χ1n) is 8.70. The highest BCUT2D eigenvalue weighted by Gasteiger charge is 2.29. The van der Waals surface area contributed by atoms with Gasteiger partial charge in [0.15, 0.2) is 17.5 Å². The number of nitrogens with zero attached hydrogens (tertiary/aromatic N) is 6. The van der Waals surface area contributed by atoms with Gasteiger partial charge in [0.2, 0.25) is 5.95 Å². The highest BCUT2D eigenvalue weighted by molar-refractivity contribution is 5.79. The van der Waals surface area contributed by atoms with Crippen molar-refractivity contribution in [1.82, 2.24) is 24.3 Å². The Labute approximate surface area is 153 Å². The summed E-state index contributed by atoms with van der Waals surface area (Å²) in [6.45, 7) is 2.77. The average molecular weight is 379 g/mol. The van der Waals surface area contributed by atoms with Gasteiger partial charge in [0.25, 0.3) is 0 Å². The summed E-state index contributed by atoms with van der Waals surface area (Å²) < 4.78 is 44.9. The summed E-state index contributed by atoms with van der Waals surface area (Å²) in [6, 6.07) is 1.54. The molecule has 2 aromatic heterocycles. The summed E-state index contributed by atoms with van der Waals surface area (Å²) >= 11 is 0. The van der Waals surface area contributed by atoms with E-state index >= 15 is 0 Å². The number of nitrogens with two attached hydrogens (primary N) is 1. The van der Waals surface area contributed by atoms with E-state index in [0.717, 1.165) is 18.0 Å². The number of benzene rings is 1. The third-order valence-electron chi connectivity index (χ3n) is 5.11. The third-order valence-corrected chi connectivity index (χ3v) is 5.11. The Kier molecular flexibility index (Phi) is 4.29. The number of fused-ring (bicyclic) bond motifs is 1. The zero-order chi connectivity index (χ0) is 19.3. The number of aromatic nitrogens is 5. The fraction of sp³-hybridized carbons (Fsp3) is 0.471. The molecule has 7 nitrogen and oxygen atoms in total. The van der Waals surface area contributed by atoms with Gasteiger partial charge in [-0.1, -0.05) is 0 Å². The molecular formula is C17H20F3N7. The molecule has 4 rings (SSSR count). The molecule has 0 amide bonds. The van der Waals surface area contributed by atoms with Crippen molar-refractivity contribution in [2.75, 3.05) is 18.0 Å². The zero-order valence-electron chi connectivity index (χ0n) is 15.0. The van der Waals surface area contributed by atoms with Crippen LogP contribution in [0.2, 0.25) is 0 Å². The molecule has 1 aromatic carbocycles. The molecule has 1 fully saturated rings. The highest BCUT2D eigenvalue weighted by Crippen LogP contribution is 2.28. The third kappa shape index (κ3) is 3.03. The van der Waals surface area contributed by atoms with E-state index in [0.29, 0.717) is 29.4 Å². The van der Waals surface area contributed by atoms with Crippen molar-refractivity contribution >= 4 is 17.0 Å². The van der Waals surface area contributed by atoms with Crippen molar-refractivity contribution in [2.24, 2.45) is 12.8 Å². The maximum absolute atomic E-state index is 13.9. The lowest BCUT2D eigenvalue weighted by Gasteiger charge is -2.34. The minimum Gasteiger partial charge on any atom is -0.340 e. The van der Waals surface area contributed by atoms with E-state index in [4.69, 9.17) is 5.73 Å². The largest absolute Gasteiger partial charge is 0.340 e. The van der Waals surface area contributed by atoms with Crippen molar-refractivity contribution in [2.45, 2.75) is 32.1 Å². The first kappa shape index (κ1) is 17.8. The monoisotopic (exact) mass is 379 g/mol. The number of hydrogen-bond acceptors (Lipinski definition) is 5. The zero-order valence-corrected chi connectivity index (χ0v) is 15.0. The molecule has 1 aliphatic heterocycles. The maximum atomic E-state index is 13.9. The Hall–Kier alpha value is -2.62. The van der Waals surface area contributed by atoms with Crippen LogP contribution in [0, 0.1) is 18.6 Å². The second-order valence-corrected chi connectivity index (χ2v) is 6.89. The van der Waals surface area contributed by atoms with Crippen LogP contribution in [0.4, 0.5) is 19.1 Å². The number of piperidine rings is 1. The predicted octanol–water partition coefficient (Wildman–Crippen LogP) is 1.68. The van der Waals surface area contributed by atoms with Gasteiger partial charge in [0.05, 0.1) is 23.6 Å². The van der Waals surface area contributed by atoms with Crippen molar-refractivity contribution in [3.05, 3.63) is 35.4 Å². The van der Waals surface area contributed by atoms with Gasteiger partial charge >= 0.3 is 0 Å². The molecular weight excluding hydrogens is 359 g/mol. The second-order valence-electron chi connectivity index (χ2n) is 6.89. The van der Waals surface area contributed by atoms with Crippen LogP contribution in [-0.4, -0.2) is 49.6 Å². The first-order valence-corrected chi connectivity index (χ1v) is 8.70. The summed E-state index contributed by atoms with van der Waals surface area (Å²) in [4.78, 5) is 6.32. The lowest BCUT2D eigenvalue weighted by atomic mass is 10.1. The van der Waals surface area contributed by atoms with E-state index in [1.54, 1.807) is 4.57 Å². The fourth-order valence-corrected chi connectivity index (χ4v) is 3.37. The molecule has 0 radical (unpaired) electrons. The first-order chi connectivity index (χ1) is 12.8. The molecule has 27 heavy (non-hydrogen) atoms. The smallest absolute Gasteiger partial charge is 0.207 e. The quantitative estimate of drug-likeness (QED) is 0.749. The Morgan fingerprint density at radius 3 is 2.63 bits per heavy atom. The van der Waals surface area contributed by atoms with E-state index in [-0.39, 0.29) is 19.5 Å². The summed E-state index contributed by atoms with van der Waals surface area (Å²) in [6.07, 6.45) is -0.800. The molecule has 2 atom stereocenters. The van der Waals surface area contributed by atoms with Crippen molar-refractivity contribution in [3.8, 4) is 0 Å². The summed E-state index contributed by atoms with van der Waals surface area (Å²) in [7, 11) is 1.83. The normalized spacial score (nSPS) is 20.6. The van der Waals surface area contributed by atoms with Gasteiger partial charge < -0.3 is 19.8 Å². The molecule has 2 N–H and O–H groups in total. The minimum atomic E-state index is -1.07. The van der Waals surface area contributed by atoms with E-state index < -0.39 is 23.8 Å². The second kappa shape index (κ2) is 6.52. The van der Waals surface area contributed by atoms with Crippen LogP contribution in [0.1, 0.15) is 18.1 Å². The number of imidazole rings is 1. The van der Waals surface area contributed by atoms with Gasteiger partial charge in [0.1, 0.15) is 12.0 Å². The maximum Gasteiger partial charge on any atom is 0.207 e. The van der Waals surface area contributed by atoms with Gasteiger partial charge in [-0.2, -0.15) is 0 Å². The molecule has 0 saturated carbocycles. The van der Waals surface area contributed by atoms with Gasteiger partial charge in [-0.3, -0.25) is 0 Å². The van der Waals surface area contributed by atoms with Crippen LogP contribution >= 0.6 is 0 Å². The van der Waals surface area contributed by atoms with Crippen molar-refractivity contribution in [3.63, 3.8) is 0 Å². The lowest BCUT2D eigenvalue weighted by molar-refractivity contribution is 0.243. The van der Waals surface area contributed by atoms with Gasteiger partial charge in [0, 0.05) is 32.3 Å². The van der Waals surface area contributed by atoms with E-state index in [1.807, 2.05) is 23.4 Å². The van der Waals surface area contributed by atoms with Crippen LogP contribution in [0.3, 0.4) is 0 Å². The number of aryl methyl sites for hydroxylation is 1. The number of hydrogen-bond donors (Lipinski definition) is 1. The molecule has 3 heterocycles. The standard InChI is InChI=1S/C17H20F3N7/c1-9-23-24-16(25(9)2)8-27-15-6-12(20)11(19)5-14(15)22-17(27)26-4-3-10(18)13(21)7-26/h5-6,10,13H,3-4,7-8,21H2,1-2H3/t10?,13-/m1/s1. The van der Waals surface area contributed by atoms with Crippen molar-refractivity contribution in [1.29, 1.82) is 0 Å². The SMILES string of the molecule is Cc1nnc(Cn2c(N3CCC(F)[C@H](N)C3)nc3cc(F)c(F)cc32)n1C. The number of anilines is 1. The van der Waals surface area contributed by atoms with E-state index in [2.05, 4.69) is 15.2 Å². The number of rotatable bonds is 3. The van der Waals surface area contributed by atoms with Gasteiger partial charge in [-0.05, 0) is 13.3 Å². The lowest BCUT2D eigenvalue weighted by Crippen LogP contribution is -2.50. The summed E-state index contributed by atoms with van der Waals surface area (Å²) in [5.74, 6) is -0.0650. The average Bonchev–Trinajstić information content (AvgIpc) is 3.13. The van der Waals surface area contributed by atoms with Crippen LogP contribution in [0.5, 0.6) is 0 Å². The molecule has 10 heteroatoms. The highest BCUT2D eigenvalue weighted by atomic mass is 19.2. The summed E-state index contributed by atoms with van der Waals surface area (Å²) in [5.41, 5.74) is 6.63. The number of halogens is 3.